The molecule has 0 rings (SSSR count). The van der Waals surface area contributed by atoms with E-state index in [1.807, 2.05) is 0 Å². The number of carbonyl (C=O) groups excluding carboxylic acids is 2. The van der Waals surface area contributed by atoms with Gasteiger partial charge in [0, 0.05) is 13.5 Å². The summed E-state index contributed by atoms with van der Waals surface area (Å²) >= 11 is 0. The van der Waals surface area contributed by atoms with Gasteiger partial charge in [-0.3, -0.25) is 9.59 Å². The number of likely N-dealkylation sites (N-methyl/N-ethyl adjacent to an activating group) is 1. The third kappa shape index (κ3) is 6.94. The smallest absolute Gasteiger partial charge is 0.306 e. The molecule has 0 aromatic heterocycles. The minimum atomic E-state index is -0.523. The van der Waals surface area contributed by atoms with E-state index in [0.717, 1.165) is 0 Å². The number of hydrogen-bond donors (Lipinski definition) is 1. The van der Waals surface area contributed by atoms with Crippen molar-refractivity contribution in [3.63, 3.8) is 0 Å². The topological polar surface area (TPSA) is 66.8 Å². The first-order chi connectivity index (χ1) is 7.67. The van der Waals surface area contributed by atoms with Crippen molar-refractivity contribution in [2.24, 2.45) is 0 Å². The van der Waals surface area contributed by atoms with E-state index in [1.165, 1.54) is 4.90 Å². The molecule has 1 unspecified atom stereocenters. The lowest BCUT2D eigenvalue weighted by atomic mass is 10.2. The Hall–Kier alpha value is -1.10. The quantitative estimate of drug-likeness (QED) is 0.732. The van der Waals surface area contributed by atoms with Crippen molar-refractivity contribution in [1.82, 2.24) is 4.90 Å². The molecule has 0 aromatic carbocycles. The fraction of sp³-hybridized carbons (Fsp3) is 0.833. The van der Waals surface area contributed by atoms with Crippen LogP contribution in [0.5, 0.6) is 0 Å². The Morgan fingerprint density at radius 2 is 1.82 bits per heavy atom. The number of carbonyl (C=O) groups is 2. The number of aliphatic hydroxyl groups is 1. The predicted octanol–water partition coefficient (Wildman–Crippen LogP) is 0.947. The van der Waals surface area contributed by atoms with E-state index in [-0.39, 0.29) is 37.4 Å². The number of ether oxygens (including phenoxy) is 1. The van der Waals surface area contributed by atoms with E-state index in [9.17, 15) is 9.59 Å². The van der Waals surface area contributed by atoms with Crippen LogP contribution in [0.3, 0.4) is 0 Å². The number of amides is 1. The molecule has 0 aliphatic carbocycles. The maximum Gasteiger partial charge on any atom is 0.306 e. The second-order valence-corrected chi connectivity index (χ2v) is 5.12. The maximum absolute atomic E-state index is 11.6. The van der Waals surface area contributed by atoms with Crippen LogP contribution in [0.4, 0.5) is 0 Å². The highest BCUT2D eigenvalue weighted by molar-refractivity contribution is 5.81. The third-order valence-electron chi connectivity index (χ3n) is 2.28. The number of esters is 1. The molecule has 0 radical (unpaired) electrons. The van der Waals surface area contributed by atoms with Crippen molar-refractivity contribution in [3.8, 4) is 0 Å². The normalized spacial score (nSPS) is 13.1. The van der Waals surface area contributed by atoms with Gasteiger partial charge in [-0.1, -0.05) is 0 Å². The van der Waals surface area contributed by atoms with Gasteiger partial charge in [0.05, 0.1) is 19.1 Å². The van der Waals surface area contributed by atoms with Gasteiger partial charge in [-0.15, -0.1) is 0 Å². The van der Waals surface area contributed by atoms with E-state index >= 15 is 0 Å². The molecule has 0 saturated heterocycles. The van der Waals surface area contributed by atoms with E-state index < -0.39 is 5.60 Å². The summed E-state index contributed by atoms with van der Waals surface area (Å²) < 4.78 is 5.10. The van der Waals surface area contributed by atoms with E-state index in [1.54, 1.807) is 34.7 Å². The van der Waals surface area contributed by atoms with Crippen LogP contribution in [0.15, 0.2) is 0 Å². The largest absolute Gasteiger partial charge is 0.460 e. The highest BCUT2D eigenvalue weighted by atomic mass is 16.6. The lowest BCUT2D eigenvalue weighted by Crippen LogP contribution is -2.37. The Kier molecular flexibility index (Phi) is 6.16. The van der Waals surface area contributed by atoms with Gasteiger partial charge >= 0.3 is 5.97 Å². The summed E-state index contributed by atoms with van der Waals surface area (Å²) in [5, 5.41) is 8.90. The number of rotatable bonds is 5. The third-order valence-corrected chi connectivity index (χ3v) is 2.28. The van der Waals surface area contributed by atoms with Crippen LogP contribution in [-0.4, -0.2) is 47.2 Å². The maximum atomic E-state index is 11.6. The van der Waals surface area contributed by atoms with Crippen molar-refractivity contribution in [1.29, 1.82) is 0 Å². The Morgan fingerprint density at radius 3 is 2.24 bits per heavy atom. The molecule has 5 nitrogen and oxygen atoms in total. The van der Waals surface area contributed by atoms with E-state index in [2.05, 4.69) is 0 Å². The summed E-state index contributed by atoms with van der Waals surface area (Å²) in [6, 6.07) is -0.235. The Labute approximate surface area is 103 Å². The van der Waals surface area contributed by atoms with Crippen LogP contribution >= 0.6 is 0 Å². The summed E-state index contributed by atoms with van der Waals surface area (Å²) in [4.78, 5) is 24.4. The molecule has 0 fully saturated rings. The summed E-state index contributed by atoms with van der Waals surface area (Å²) in [5.41, 5.74) is -0.523. The summed E-state index contributed by atoms with van der Waals surface area (Å²) in [6.45, 7) is 7.01. The van der Waals surface area contributed by atoms with Crippen LogP contribution in [-0.2, 0) is 14.3 Å². The van der Waals surface area contributed by atoms with Crippen molar-refractivity contribution in [2.45, 2.75) is 52.2 Å². The Bertz CT molecular complexity index is 270. The first-order valence-corrected chi connectivity index (χ1v) is 5.75. The Morgan fingerprint density at radius 1 is 1.29 bits per heavy atom. The highest BCUT2D eigenvalue weighted by Gasteiger charge is 2.19. The fourth-order valence-electron chi connectivity index (χ4n) is 1.15. The summed E-state index contributed by atoms with van der Waals surface area (Å²) in [5.74, 6) is -0.548. The lowest BCUT2D eigenvalue weighted by Gasteiger charge is -2.23. The summed E-state index contributed by atoms with van der Waals surface area (Å²) in [6.07, 6.45) is 0.175. The van der Waals surface area contributed by atoms with E-state index in [4.69, 9.17) is 9.84 Å². The van der Waals surface area contributed by atoms with Gasteiger partial charge in [0.1, 0.15) is 5.60 Å². The van der Waals surface area contributed by atoms with E-state index in [0.29, 0.717) is 0 Å². The van der Waals surface area contributed by atoms with Crippen LogP contribution in [0, 0.1) is 0 Å². The molecular formula is C12H23NO4. The van der Waals surface area contributed by atoms with Crippen LogP contribution in [0.2, 0.25) is 0 Å². The van der Waals surface area contributed by atoms with Gasteiger partial charge in [-0.05, 0) is 27.7 Å². The molecule has 1 amide bonds. The van der Waals surface area contributed by atoms with Gasteiger partial charge in [0.15, 0.2) is 0 Å². The van der Waals surface area contributed by atoms with Gasteiger partial charge in [0.2, 0.25) is 5.91 Å². The monoisotopic (exact) mass is 245 g/mol. The molecule has 17 heavy (non-hydrogen) atoms. The summed E-state index contributed by atoms with van der Waals surface area (Å²) in [7, 11) is 1.61. The zero-order chi connectivity index (χ0) is 13.6. The molecular weight excluding hydrogens is 222 g/mol. The first-order valence-electron chi connectivity index (χ1n) is 5.75. The molecule has 1 atom stereocenters. The van der Waals surface area contributed by atoms with Crippen molar-refractivity contribution >= 4 is 11.9 Å². The molecule has 0 saturated carbocycles. The second kappa shape index (κ2) is 6.59. The van der Waals surface area contributed by atoms with Crippen LogP contribution < -0.4 is 0 Å². The van der Waals surface area contributed by atoms with Crippen molar-refractivity contribution < 1.29 is 19.4 Å². The second-order valence-electron chi connectivity index (χ2n) is 5.12. The average Bonchev–Trinajstić information content (AvgIpc) is 2.21. The van der Waals surface area contributed by atoms with Crippen molar-refractivity contribution in [2.75, 3.05) is 13.7 Å². The van der Waals surface area contributed by atoms with Gasteiger partial charge in [0.25, 0.3) is 0 Å². The zero-order valence-electron chi connectivity index (χ0n) is 11.3. The molecule has 5 heteroatoms. The Balaban J connectivity index is 4.04. The SMILES string of the molecule is CC(CO)N(C)C(=O)CCC(=O)OC(C)(C)C. The molecule has 0 spiro atoms. The van der Waals surface area contributed by atoms with Gasteiger partial charge in [-0.2, -0.15) is 0 Å². The lowest BCUT2D eigenvalue weighted by molar-refractivity contribution is -0.156. The average molecular weight is 245 g/mol. The molecule has 0 aromatic rings. The number of aliphatic hydroxyl groups excluding tert-OH is 1. The zero-order valence-corrected chi connectivity index (χ0v) is 11.3. The predicted molar refractivity (Wildman–Crippen MR) is 64.4 cm³/mol. The molecule has 1 N–H and O–H groups in total. The molecule has 0 aliphatic heterocycles. The number of nitrogens with zero attached hydrogens (tertiary/aromatic N) is 1. The van der Waals surface area contributed by atoms with Crippen LogP contribution in [0.25, 0.3) is 0 Å². The van der Waals surface area contributed by atoms with Gasteiger partial charge < -0.3 is 14.7 Å². The van der Waals surface area contributed by atoms with Crippen molar-refractivity contribution in [3.05, 3.63) is 0 Å². The molecule has 0 aliphatic rings. The molecule has 0 heterocycles. The molecule has 100 valence electrons. The first kappa shape index (κ1) is 15.9. The van der Waals surface area contributed by atoms with Gasteiger partial charge in [-0.25, -0.2) is 0 Å². The number of hydrogen-bond acceptors (Lipinski definition) is 4. The minimum Gasteiger partial charge on any atom is -0.460 e. The highest BCUT2D eigenvalue weighted by Crippen LogP contribution is 2.10. The minimum absolute atomic E-state index is 0.0680. The van der Waals surface area contributed by atoms with Crippen LogP contribution in [0.1, 0.15) is 40.5 Å². The fourth-order valence-corrected chi connectivity index (χ4v) is 1.15. The molecule has 0 bridgehead atoms. The standard InChI is InChI=1S/C12H23NO4/c1-9(8-14)13(5)10(15)6-7-11(16)17-12(2,3)4/h9,14H,6-8H2,1-5H3.